The molecule has 1 aliphatic heterocycles. The van der Waals surface area contributed by atoms with Crippen LogP contribution in [0.3, 0.4) is 0 Å². The van der Waals surface area contributed by atoms with Gasteiger partial charge in [0.05, 0.1) is 6.54 Å². The second kappa shape index (κ2) is 9.70. The predicted molar refractivity (Wildman–Crippen MR) is 106 cm³/mol. The minimum absolute atomic E-state index is 0.0417. The molecule has 1 amide bonds. The minimum atomic E-state index is -2.95. The van der Waals surface area contributed by atoms with Crippen molar-refractivity contribution in [3.8, 4) is 5.75 Å². The average Bonchev–Trinajstić information content (AvgIpc) is 2.72. The minimum Gasteiger partial charge on any atom is -0.435 e. The number of Topliss-reactive ketones (excluding diaryl/α,β-unsaturated/α-hetero) is 1. The van der Waals surface area contributed by atoms with Crippen LogP contribution in [0.1, 0.15) is 28.0 Å². The van der Waals surface area contributed by atoms with E-state index in [1.807, 2.05) is 0 Å². The van der Waals surface area contributed by atoms with Crippen LogP contribution < -0.4 is 21.3 Å². The zero-order valence-electron chi connectivity index (χ0n) is 15.8. The number of ketones is 1. The number of halogens is 2. The Morgan fingerprint density at radius 3 is 2.67 bits per heavy atom. The Morgan fingerprint density at radius 1 is 1.23 bits per heavy atom. The van der Waals surface area contributed by atoms with Gasteiger partial charge in [0.2, 0.25) is 5.91 Å². The van der Waals surface area contributed by atoms with Gasteiger partial charge in [-0.15, -0.1) is 0 Å². The number of carbonyl (C=O) groups is 2. The van der Waals surface area contributed by atoms with Gasteiger partial charge >= 0.3 is 12.3 Å². The Morgan fingerprint density at radius 2 is 1.97 bits per heavy atom. The van der Waals surface area contributed by atoms with Gasteiger partial charge in [-0.2, -0.15) is 20.5 Å². The van der Waals surface area contributed by atoms with E-state index in [4.69, 9.17) is 0 Å². The number of alkyl halides is 2. The number of rotatable bonds is 8. The number of H-pyrrole nitrogens is 1. The first-order chi connectivity index (χ1) is 14.3. The molecule has 0 aliphatic carbocycles. The van der Waals surface area contributed by atoms with E-state index in [-0.39, 0.29) is 30.8 Å². The Balaban J connectivity index is 1.55. The molecule has 160 valence electrons. The lowest BCUT2D eigenvalue weighted by Gasteiger charge is -2.19. The van der Waals surface area contributed by atoms with Crippen molar-refractivity contribution in [1.29, 1.82) is 0 Å². The van der Waals surface area contributed by atoms with Crippen LogP contribution in [-0.2, 0) is 23.5 Å². The molecular weight excluding hydrogens is 420 g/mol. The van der Waals surface area contributed by atoms with Crippen molar-refractivity contribution >= 4 is 23.5 Å². The summed E-state index contributed by atoms with van der Waals surface area (Å²) in [5.41, 5.74) is 0.498. The largest absolute Gasteiger partial charge is 0.435 e. The number of benzene rings is 1. The van der Waals surface area contributed by atoms with E-state index < -0.39 is 29.6 Å². The van der Waals surface area contributed by atoms with Crippen molar-refractivity contribution in [2.45, 2.75) is 31.8 Å². The number of fused-ring (bicyclic) bond motifs is 1. The molecule has 30 heavy (non-hydrogen) atoms. The maximum atomic E-state index is 12.1. The SMILES string of the molecule is O=C(CCn1c2c(c(=O)[nH]c1=O)CSCC2)NCC(=O)c1ccc(OC(F)F)cc1. The highest BCUT2D eigenvalue weighted by Gasteiger charge is 2.19. The van der Waals surface area contributed by atoms with Gasteiger partial charge in [-0.25, -0.2) is 4.79 Å². The number of nitrogens with zero attached hydrogens (tertiary/aromatic N) is 1. The maximum Gasteiger partial charge on any atom is 0.387 e. The molecule has 0 fully saturated rings. The van der Waals surface area contributed by atoms with Crippen LogP contribution in [0.15, 0.2) is 33.9 Å². The molecule has 0 bridgehead atoms. The standard InChI is InChI=1S/C19H19F2N3O5S/c20-18(21)29-12-3-1-11(2-4-12)15(25)9-22-16(26)5-7-24-14-6-8-30-10-13(14)17(27)23-19(24)28/h1-4,18H,5-10H2,(H,22,26)(H,23,27,28). The van der Waals surface area contributed by atoms with E-state index in [0.29, 0.717) is 23.4 Å². The molecule has 0 atom stereocenters. The van der Waals surface area contributed by atoms with Gasteiger partial charge in [0.1, 0.15) is 5.75 Å². The third kappa shape index (κ3) is 5.35. The molecule has 8 nitrogen and oxygen atoms in total. The summed E-state index contributed by atoms with van der Waals surface area (Å²) in [4.78, 5) is 50.6. The molecule has 0 saturated carbocycles. The maximum absolute atomic E-state index is 12.1. The molecule has 0 spiro atoms. The molecule has 0 unspecified atom stereocenters. The summed E-state index contributed by atoms with van der Waals surface area (Å²) in [6, 6.07) is 5.14. The summed E-state index contributed by atoms with van der Waals surface area (Å²) < 4.78 is 29.9. The van der Waals surface area contributed by atoms with Crippen LogP contribution in [0.5, 0.6) is 5.75 Å². The number of nitrogens with one attached hydrogen (secondary N) is 2. The van der Waals surface area contributed by atoms with Crippen LogP contribution in [0.4, 0.5) is 8.78 Å². The smallest absolute Gasteiger partial charge is 0.387 e. The van der Waals surface area contributed by atoms with Crippen molar-refractivity contribution in [1.82, 2.24) is 14.9 Å². The predicted octanol–water partition coefficient (Wildman–Crippen LogP) is 1.32. The number of amides is 1. The van der Waals surface area contributed by atoms with Crippen molar-refractivity contribution in [2.75, 3.05) is 12.3 Å². The highest BCUT2D eigenvalue weighted by atomic mass is 32.2. The zero-order chi connectivity index (χ0) is 21.7. The van der Waals surface area contributed by atoms with E-state index in [9.17, 15) is 28.0 Å². The average molecular weight is 439 g/mol. The zero-order valence-corrected chi connectivity index (χ0v) is 16.6. The molecule has 1 aromatic carbocycles. The molecule has 1 aliphatic rings. The highest BCUT2D eigenvalue weighted by molar-refractivity contribution is 7.98. The molecular formula is C19H19F2N3O5S. The molecule has 3 rings (SSSR count). The van der Waals surface area contributed by atoms with Crippen LogP contribution in [-0.4, -0.2) is 40.2 Å². The Labute approximate surface area is 173 Å². The lowest BCUT2D eigenvalue weighted by Crippen LogP contribution is -2.38. The molecule has 0 radical (unpaired) electrons. The van der Waals surface area contributed by atoms with Crippen LogP contribution in [0.25, 0.3) is 0 Å². The lowest BCUT2D eigenvalue weighted by molar-refractivity contribution is -0.121. The van der Waals surface area contributed by atoms with Crippen molar-refractivity contribution < 1.29 is 23.1 Å². The van der Waals surface area contributed by atoms with E-state index in [2.05, 4.69) is 15.0 Å². The topological polar surface area (TPSA) is 110 Å². The third-order valence-electron chi connectivity index (χ3n) is 4.55. The number of hydrogen-bond donors (Lipinski definition) is 2. The molecule has 2 N–H and O–H groups in total. The van der Waals surface area contributed by atoms with Crippen LogP contribution in [0, 0.1) is 0 Å². The van der Waals surface area contributed by atoms with E-state index >= 15 is 0 Å². The third-order valence-corrected chi connectivity index (χ3v) is 5.54. The molecule has 1 aromatic heterocycles. The van der Waals surface area contributed by atoms with Gasteiger partial charge in [0.15, 0.2) is 5.78 Å². The Kier molecular flexibility index (Phi) is 7.03. The second-order valence-corrected chi connectivity index (χ2v) is 7.60. The van der Waals surface area contributed by atoms with Crippen LogP contribution in [0.2, 0.25) is 0 Å². The summed E-state index contributed by atoms with van der Waals surface area (Å²) in [7, 11) is 0. The first-order valence-electron chi connectivity index (χ1n) is 9.12. The summed E-state index contributed by atoms with van der Waals surface area (Å²) in [6.07, 6.45) is 0.532. The quantitative estimate of drug-likeness (QED) is 0.601. The fourth-order valence-corrected chi connectivity index (χ4v) is 4.06. The fraction of sp³-hybridized carbons (Fsp3) is 0.368. The van der Waals surface area contributed by atoms with E-state index in [1.54, 1.807) is 11.8 Å². The van der Waals surface area contributed by atoms with Gasteiger partial charge in [-0.3, -0.25) is 23.9 Å². The summed E-state index contributed by atoms with van der Waals surface area (Å²) in [5, 5.41) is 2.48. The van der Waals surface area contributed by atoms with Crippen molar-refractivity contribution in [3.05, 3.63) is 61.9 Å². The molecule has 2 aromatic rings. The number of ether oxygens (including phenoxy) is 1. The number of hydrogen-bond acceptors (Lipinski definition) is 6. The molecule has 0 saturated heterocycles. The summed E-state index contributed by atoms with van der Waals surface area (Å²) in [5.74, 6) is 0.407. The van der Waals surface area contributed by atoms with Crippen molar-refractivity contribution in [3.63, 3.8) is 0 Å². The summed E-state index contributed by atoms with van der Waals surface area (Å²) >= 11 is 1.61. The van der Waals surface area contributed by atoms with E-state index in [1.165, 1.54) is 28.8 Å². The van der Waals surface area contributed by atoms with Crippen molar-refractivity contribution in [2.24, 2.45) is 0 Å². The second-order valence-electron chi connectivity index (χ2n) is 6.49. The van der Waals surface area contributed by atoms with Gasteiger partial charge < -0.3 is 10.1 Å². The lowest BCUT2D eigenvalue weighted by atomic mass is 10.1. The van der Waals surface area contributed by atoms with Gasteiger partial charge in [-0.05, 0) is 36.4 Å². The van der Waals surface area contributed by atoms with E-state index in [0.717, 1.165) is 5.75 Å². The molecule has 11 heteroatoms. The number of aromatic nitrogens is 2. The first kappa shape index (κ1) is 21.8. The fourth-order valence-electron chi connectivity index (χ4n) is 3.08. The van der Waals surface area contributed by atoms with Gasteiger partial charge in [0.25, 0.3) is 5.56 Å². The highest BCUT2D eigenvalue weighted by Crippen LogP contribution is 2.20. The molecule has 2 heterocycles. The Hall–Kier alpha value is -2.95. The van der Waals surface area contributed by atoms with Gasteiger partial charge in [-0.1, -0.05) is 0 Å². The first-order valence-corrected chi connectivity index (χ1v) is 10.3. The van der Waals surface area contributed by atoms with Gasteiger partial charge in [0, 0.05) is 35.5 Å². The number of aromatic amines is 1. The number of thioether (sulfide) groups is 1. The monoisotopic (exact) mass is 439 g/mol. The number of carbonyl (C=O) groups excluding carboxylic acids is 2. The normalized spacial score (nSPS) is 13.0. The van der Waals surface area contributed by atoms with Crippen LogP contribution >= 0.6 is 11.8 Å². The summed E-state index contributed by atoms with van der Waals surface area (Å²) in [6.45, 7) is -3.14. The Bertz CT molecular complexity index is 1050.